The van der Waals surface area contributed by atoms with Crippen molar-refractivity contribution in [3.8, 4) is 57.7 Å². The molecular weight excluding hydrogens is 1000 g/mol. The van der Waals surface area contributed by atoms with E-state index >= 15 is 0 Å². The number of phenolic OH excluding ortho intramolecular Hbond substituents is 2. The van der Waals surface area contributed by atoms with Crippen LogP contribution in [0.4, 0.5) is 34.4 Å². The highest BCUT2D eigenvalue weighted by Gasteiger charge is 2.46. The predicted octanol–water partition coefficient (Wildman–Crippen LogP) is 5.73. The second kappa shape index (κ2) is 20.7. The number of phenols is 2. The summed E-state index contributed by atoms with van der Waals surface area (Å²) in [5.74, 6) is 15.7. The molecule has 2 aromatic carbocycles. The fraction of sp³-hybridized carbons (Fsp3) is 0.452. The Morgan fingerprint density at radius 1 is 0.613 bits per heavy atom. The summed E-state index contributed by atoms with van der Waals surface area (Å²) in [6.45, 7) is 12.0. The number of para-hydroxylation sites is 1. The Labute approximate surface area is 467 Å². The van der Waals surface area contributed by atoms with Crippen LogP contribution in [0.25, 0.3) is 22.5 Å². The van der Waals surface area contributed by atoms with E-state index in [9.17, 15) is 10.2 Å². The first kappa shape index (κ1) is 50.5. The summed E-state index contributed by atoms with van der Waals surface area (Å²) in [6, 6.07) is 26.6. The average molecular weight is 1070 g/mol. The molecule has 410 valence electrons. The van der Waals surface area contributed by atoms with Gasteiger partial charge < -0.3 is 50.9 Å². The van der Waals surface area contributed by atoms with E-state index in [0.29, 0.717) is 88.7 Å². The van der Waals surface area contributed by atoms with E-state index in [-0.39, 0.29) is 17.6 Å². The van der Waals surface area contributed by atoms with E-state index in [0.717, 1.165) is 125 Å². The standard InChI is InChI=1S/C62H69N15O3/c1-71-37-62(38-71)18-23-72(39-62)21-4-6-43-26-45(16-19-65-43)76-49-13-14-50(76)35-75(34-49)56-29-54(68-70-61(56)64)52-24-40(10-15-58(52)79)59-25-41(36-80-59)42-30-73(31-42)22-5-7-44-27-46(17-20-66-44)77-47-11-12-48(77)33-74(32-47)55-28-53(67-69-60(55)63)51-8-2-3-9-57(51)78/h2-3,8-10,15-17,19-20,24,26-29,41-42,47-50,59,78-79H,11-14,18,21-23,25,30-39H2,1H3,(H2,63,69)(H2,64,70). The molecule has 4 bridgehead atoms. The van der Waals surface area contributed by atoms with Gasteiger partial charge >= 0.3 is 0 Å². The number of fused-ring (bicyclic) bond motifs is 4. The van der Waals surface area contributed by atoms with Gasteiger partial charge in [-0.25, -0.2) is 9.97 Å². The van der Waals surface area contributed by atoms with Gasteiger partial charge in [0.2, 0.25) is 0 Å². The Kier molecular flexibility index (Phi) is 13.1. The van der Waals surface area contributed by atoms with Gasteiger partial charge in [0.05, 0.1) is 48.6 Å². The van der Waals surface area contributed by atoms with Crippen molar-refractivity contribution in [2.24, 2.45) is 17.3 Å². The minimum atomic E-state index is -0.0740. The number of likely N-dealkylation sites (tertiary alicyclic amines) is 3. The summed E-state index contributed by atoms with van der Waals surface area (Å²) in [5.41, 5.74) is 22.6. The molecule has 8 aliphatic rings. The number of ether oxygens (including phenoxy) is 1. The van der Waals surface area contributed by atoms with Crippen molar-refractivity contribution in [2.75, 3.05) is 123 Å². The van der Waals surface area contributed by atoms with Crippen LogP contribution in [0.2, 0.25) is 0 Å². The van der Waals surface area contributed by atoms with Gasteiger partial charge in [-0.3, -0.25) is 9.80 Å². The molecule has 12 heterocycles. The van der Waals surface area contributed by atoms with Crippen molar-refractivity contribution in [2.45, 2.75) is 68.8 Å². The highest BCUT2D eigenvalue weighted by atomic mass is 16.5. The van der Waals surface area contributed by atoms with Crippen LogP contribution in [0.5, 0.6) is 11.5 Å². The van der Waals surface area contributed by atoms with E-state index in [1.54, 1.807) is 18.2 Å². The molecule has 18 heteroatoms. The highest BCUT2D eigenvalue weighted by Crippen LogP contribution is 2.45. The van der Waals surface area contributed by atoms with Gasteiger partial charge in [-0.15, -0.1) is 20.4 Å². The maximum absolute atomic E-state index is 11.3. The minimum Gasteiger partial charge on any atom is -0.507 e. The van der Waals surface area contributed by atoms with E-state index in [1.807, 2.05) is 48.8 Å². The topological polar surface area (TPSA) is 202 Å². The Bertz CT molecular complexity index is 3430. The van der Waals surface area contributed by atoms with Crippen LogP contribution >= 0.6 is 0 Å². The lowest BCUT2D eigenvalue weighted by molar-refractivity contribution is 0.0319. The van der Waals surface area contributed by atoms with Crippen LogP contribution in [0.1, 0.15) is 61.6 Å². The third-order valence-electron chi connectivity index (χ3n) is 18.6. The monoisotopic (exact) mass is 1070 g/mol. The van der Waals surface area contributed by atoms with Crippen molar-refractivity contribution in [1.82, 2.24) is 45.1 Å². The number of aromatic nitrogens is 6. The van der Waals surface area contributed by atoms with Gasteiger partial charge in [-0.2, -0.15) is 0 Å². The Morgan fingerprint density at radius 2 is 1.18 bits per heavy atom. The van der Waals surface area contributed by atoms with Gasteiger partial charge in [-0.1, -0.05) is 30.0 Å². The molecule has 6 atom stereocenters. The summed E-state index contributed by atoms with van der Waals surface area (Å²) in [5, 5.41) is 39.3. The summed E-state index contributed by atoms with van der Waals surface area (Å²) in [7, 11) is 2.21. The number of piperazine rings is 2. The van der Waals surface area contributed by atoms with Crippen molar-refractivity contribution >= 4 is 34.4 Å². The van der Waals surface area contributed by atoms with E-state index < -0.39 is 0 Å². The third-order valence-corrected chi connectivity index (χ3v) is 18.6. The Hall–Kier alpha value is -7.74. The molecule has 18 nitrogen and oxygen atoms in total. The SMILES string of the molecule is CN1CC2(CCN(CC#Cc3cc(N4C5CCC4CN(c4cc(-c6cc(C7CC(C8CN(CC#Cc9cc(N%10C%11CCC%10CN(c%10cc(-c%12ccccc%12O)nnc%10N)C%11)ccn9)C8)CO7)ccc6O)nnc4N)C5)ccn3)C2)C1. The molecule has 8 aliphatic heterocycles. The maximum atomic E-state index is 11.3. The van der Waals surface area contributed by atoms with E-state index in [4.69, 9.17) is 16.2 Å². The van der Waals surface area contributed by atoms with Gasteiger partial charge in [0.1, 0.15) is 22.9 Å². The van der Waals surface area contributed by atoms with Crippen LogP contribution in [0.15, 0.2) is 91.3 Å². The lowest BCUT2D eigenvalue weighted by Crippen LogP contribution is -2.55. The fourth-order valence-corrected chi connectivity index (χ4v) is 14.8. The number of hydrogen-bond acceptors (Lipinski definition) is 18. The first-order valence-electron chi connectivity index (χ1n) is 28.6. The maximum Gasteiger partial charge on any atom is 0.169 e. The molecule has 1 spiro atoms. The largest absolute Gasteiger partial charge is 0.507 e. The zero-order valence-electron chi connectivity index (χ0n) is 45.4. The number of aromatic hydroxyl groups is 2. The molecule has 80 heavy (non-hydrogen) atoms. The van der Waals surface area contributed by atoms with Gasteiger partial charge in [0, 0.05) is 123 Å². The second-order valence-electron chi connectivity index (χ2n) is 24.0. The first-order valence-corrected chi connectivity index (χ1v) is 28.6. The first-order chi connectivity index (χ1) is 39.0. The number of benzene rings is 2. The van der Waals surface area contributed by atoms with Crippen molar-refractivity contribution < 1.29 is 14.9 Å². The molecule has 8 fully saturated rings. The zero-order valence-corrected chi connectivity index (χ0v) is 45.4. The van der Waals surface area contributed by atoms with Crippen molar-refractivity contribution in [1.29, 1.82) is 0 Å². The van der Waals surface area contributed by atoms with Crippen LogP contribution in [-0.4, -0.2) is 172 Å². The summed E-state index contributed by atoms with van der Waals surface area (Å²) >= 11 is 0. The van der Waals surface area contributed by atoms with Gasteiger partial charge in [0.15, 0.2) is 11.6 Å². The molecular formula is C62H69N15O3. The lowest BCUT2D eigenvalue weighted by Gasteiger charge is -2.46. The van der Waals surface area contributed by atoms with Crippen LogP contribution in [0.3, 0.4) is 0 Å². The third kappa shape index (κ3) is 9.71. The molecule has 0 aliphatic carbocycles. The van der Waals surface area contributed by atoms with Crippen molar-refractivity contribution in [3.63, 3.8) is 0 Å². The zero-order chi connectivity index (χ0) is 54.1. The van der Waals surface area contributed by atoms with Gasteiger partial charge in [0.25, 0.3) is 0 Å². The molecule has 6 aromatic rings. The molecule has 0 amide bonds. The number of nitrogens with zero attached hydrogens (tertiary/aromatic N) is 13. The van der Waals surface area contributed by atoms with E-state index in [2.05, 4.69) is 120 Å². The predicted molar refractivity (Wildman–Crippen MR) is 310 cm³/mol. The highest BCUT2D eigenvalue weighted by molar-refractivity contribution is 5.76. The normalized spacial score (nSPS) is 25.3. The minimum absolute atomic E-state index is 0.0740. The molecule has 8 saturated heterocycles. The summed E-state index contributed by atoms with van der Waals surface area (Å²) in [4.78, 5) is 26.4. The average Bonchev–Trinajstić information content (AvgIpc) is 4.30. The molecule has 6 unspecified atom stereocenters. The second-order valence-corrected chi connectivity index (χ2v) is 24.0. The summed E-state index contributed by atoms with van der Waals surface area (Å²) in [6.07, 6.45) is 10.2. The number of rotatable bonds is 10. The molecule has 0 radical (unpaired) electrons. The molecule has 6 N–H and O–H groups in total. The number of anilines is 6. The number of nitrogen functional groups attached to an aromatic ring is 2. The quantitative estimate of drug-likeness (QED) is 0.121. The van der Waals surface area contributed by atoms with Crippen molar-refractivity contribution in [3.05, 3.63) is 108 Å². The molecule has 0 saturated carbocycles. The molecule has 4 aromatic heterocycles. The van der Waals surface area contributed by atoms with Crippen LogP contribution < -0.4 is 31.1 Å². The van der Waals surface area contributed by atoms with Crippen LogP contribution in [-0.2, 0) is 4.74 Å². The summed E-state index contributed by atoms with van der Waals surface area (Å²) < 4.78 is 6.49. The number of nitrogens with two attached hydrogens (primary N) is 2. The number of hydrogen-bond donors (Lipinski definition) is 4. The van der Waals surface area contributed by atoms with Gasteiger partial charge in [-0.05, 0) is 142 Å². The smallest absolute Gasteiger partial charge is 0.169 e. The van der Waals surface area contributed by atoms with E-state index in [1.165, 1.54) is 25.2 Å². The number of pyridine rings is 2. The molecule has 14 rings (SSSR count). The fourth-order valence-electron chi connectivity index (χ4n) is 14.8. The Morgan fingerprint density at radius 3 is 1.76 bits per heavy atom. The van der Waals surface area contributed by atoms with Crippen LogP contribution in [0, 0.1) is 40.9 Å². The lowest BCUT2D eigenvalue weighted by atomic mass is 9.79. The Balaban J connectivity index is 0.568.